The van der Waals surface area contributed by atoms with Gasteiger partial charge in [0.1, 0.15) is 5.75 Å². The van der Waals surface area contributed by atoms with E-state index < -0.39 is 0 Å². The van der Waals surface area contributed by atoms with Gasteiger partial charge in [-0.2, -0.15) is 0 Å². The molecule has 5 heteroatoms. The number of hydrogen-bond donors (Lipinski definition) is 0. The van der Waals surface area contributed by atoms with E-state index in [9.17, 15) is 4.79 Å². The molecule has 1 atom stereocenters. The number of ether oxygens (including phenoxy) is 1. The van der Waals surface area contributed by atoms with E-state index in [4.69, 9.17) is 4.74 Å². The van der Waals surface area contributed by atoms with Gasteiger partial charge in [-0.05, 0) is 24.6 Å². The van der Waals surface area contributed by atoms with Crippen LogP contribution < -0.4 is 9.64 Å². The lowest BCUT2D eigenvalue weighted by atomic mass is 10.1. The summed E-state index contributed by atoms with van der Waals surface area (Å²) in [7, 11) is 3.60. The summed E-state index contributed by atoms with van der Waals surface area (Å²) in [5.74, 6) is 1.07. The van der Waals surface area contributed by atoms with Crippen LogP contribution in [-0.4, -0.2) is 62.6 Å². The van der Waals surface area contributed by atoms with Crippen LogP contribution in [0.25, 0.3) is 0 Å². The molecule has 0 aromatic heterocycles. The monoisotopic (exact) mass is 367 g/mol. The zero-order valence-corrected chi connectivity index (χ0v) is 16.5. The summed E-state index contributed by atoms with van der Waals surface area (Å²) < 4.78 is 5.47. The third kappa shape index (κ3) is 4.61. The van der Waals surface area contributed by atoms with Gasteiger partial charge in [0, 0.05) is 33.2 Å². The third-order valence-electron chi connectivity index (χ3n) is 5.41. The van der Waals surface area contributed by atoms with Gasteiger partial charge in [0.15, 0.2) is 0 Å². The molecule has 1 fully saturated rings. The lowest BCUT2D eigenvalue weighted by Crippen LogP contribution is -2.50. The van der Waals surface area contributed by atoms with E-state index in [0.29, 0.717) is 6.54 Å². The topological polar surface area (TPSA) is 36.0 Å². The van der Waals surface area contributed by atoms with Crippen LogP contribution in [-0.2, 0) is 4.79 Å². The van der Waals surface area contributed by atoms with Gasteiger partial charge in [-0.15, -0.1) is 0 Å². The van der Waals surface area contributed by atoms with E-state index in [-0.39, 0.29) is 11.9 Å². The number of rotatable bonds is 6. The Kier molecular flexibility index (Phi) is 6.35. The average molecular weight is 367 g/mol. The summed E-state index contributed by atoms with van der Waals surface area (Å²) in [4.78, 5) is 19.1. The molecule has 3 rings (SSSR count). The molecule has 1 amide bonds. The number of likely N-dealkylation sites (N-methyl/N-ethyl adjacent to an activating group) is 1. The van der Waals surface area contributed by atoms with Crippen molar-refractivity contribution in [3.63, 3.8) is 0 Å². The standard InChI is InChI=1S/C22H29N3O2/c1-18(19-9-5-4-6-10-19)23(2)22(26)17-24-13-15-25(16-14-24)20-11-7-8-12-21(20)27-3/h4-12,18H,13-17H2,1-3H3. The highest BCUT2D eigenvalue weighted by atomic mass is 16.5. The number of amides is 1. The third-order valence-corrected chi connectivity index (χ3v) is 5.41. The minimum atomic E-state index is 0.0774. The quantitative estimate of drug-likeness (QED) is 0.786. The van der Waals surface area contributed by atoms with E-state index in [2.05, 4.69) is 34.9 Å². The van der Waals surface area contributed by atoms with Crippen molar-refractivity contribution in [1.82, 2.24) is 9.80 Å². The molecule has 1 unspecified atom stereocenters. The van der Waals surface area contributed by atoms with Gasteiger partial charge in [0.25, 0.3) is 0 Å². The predicted molar refractivity (Wildman–Crippen MR) is 109 cm³/mol. The molecule has 2 aromatic carbocycles. The fourth-order valence-electron chi connectivity index (χ4n) is 3.51. The molecular formula is C22H29N3O2. The van der Waals surface area contributed by atoms with Gasteiger partial charge in [-0.25, -0.2) is 0 Å². The Morgan fingerprint density at radius 2 is 1.67 bits per heavy atom. The van der Waals surface area contributed by atoms with Crippen molar-refractivity contribution in [2.45, 2.75) is 13.0 Å². The molecule has 0 aliphatic carbocycles. The number of piperazine rings is 1. The van der Waals surface area contributed by atoms with Gasteiger partial charge >= 0.3 is 0 Å². The molecule has 1 heterocycles. The van der Waals surface area contributed by atoms with Crippen LogP contribution in [0.15, 0.2) is 54.6 Å². The maximum absolute atomic E-state index is 12.7. The Morgan fingerprint density at radius 3 is 2.33 bits per heavy atom. The van der Waals surface area contributed by atoms with Crippen molar-refractivity contribution in [2.24, 2.45) is 0 Å². The number of nitrogens with zero attached hydrogens (tertiary/aromatic N) is 3. The Hall–Kier alpha value is -2.53. The molecule has 0 saturated carbocycles. The number of benzene rings is 2. The van der Waals surface area contributed by atoms with Gasteiger partial charge < -0.3 is 14.5 Å². The molecule has 0 bridgehead atoms. The van der Waals surface area contributed by atoms with Gasteiger partial charge in [0.05, 0.1) is 25.4 Å². The minimum Gasteiger partial charge on any atom is -0.495 e. The first kappa shape index (κ1) is 19.2. The molecule has 144 valence electrons. The Bertz CT molecular complexity index is 742. The number of para-hydroxylation sites is 2. The highest BCUT2D eigenvalue weighted by molar-refractivity contribution is 5.78. The van der Waals surface area contributed by atoms with Crippen LogP contribution in [0.3, 0.4) is 0 Å². The zero-order chi connectivity index (χ0) is 19.2. The highest BCUT2D eigenvalue weighted by Crippen LogP contribution is 2.28. The van der Waals surface area contributed by atoms with Crippen molar-refractivity contribution >= 4 is 11.6 Å². The Labute approximate surface area is 162 Å². The van der Waals surface area contributed by atoms with Crippen molar-refractivity contribution in [2.75, 3.05) is 51.8 Å². The van der Waals surface area contributed by atoms with Crippen LogP contribution in [0.2, 0.25) is 0 Å². The second-order valence-electron chi connectivity index (χ2n) is 7.03. The summed E-state index contributed by atoms with van der Waals surface area (Å²) in [6, 6.07) is 18.4. The first-order valence-electron chi connectivity index (χ1n) is 9.51. The fourth-order valence-corrected chi connectivity index (χ4v) is 3.51. The normalized spacial score (nSPS) is 16.0. The molecule has 1 saturated heterocycles. The Balaban J connectivity index is 1.53. The molecular weight excluding hydrogens is 338 g/mol. The van der Waals surface area contributed by atoms with Gasteiger partial charge in [-0.3, -0.25) is 9.69 Å². The van der Waals surface area contributed by atoms with Crippen LogP contribution in [0.5, 0.6) is 5.75 Å². The molecule has 0 N–H and O–H groups in total. The summed E-state index contributed by atoms with van der Waals surface area (Å²) in [6.07, 6.45) is 0. The molecule has 1 aliphatic heterocycles. The number of hydrogen-bond acceptors (Lipinski definition) is 4. The van der Waals surface area contributed by atoms with E-state index in [1.807, 2.05) is 48.3 Å². The summed E-state index contributed by atoms with van der Waals surface area (Å²) in [5, 5.41) is 0. The van der Waals surface area contributed by atoms with Crippen LogP contribution in [0.4, 0.5) is 5.69 Å². The predicted octanol–water partition coefficient (Wildman–Crippen LogP) is 3.04. The lowest BCUT2D eigenvalue weighted by molar-refractivity contribution is -0.133. The SMILES string of the molecule is COc1ccccc1N1CCN(CC(=O)N(C)C(C)c2ccccc2)CC1. The average Bonchev–Trinajstić information content (AvgIpc) is 2.73. The van der Waals surface area contributed by atoms with E-state index in [1.54, 1.807) is 7.11 Å². The molecule has 27 heavy (non-hydrogen) atoms. The second kappa shape index (κ2) is 8.91. The van der Waals surface area contributed by atoms with Gasteiger partial charge in [0.2, 0.25) is 5.91 Å². The maximum atomic E-state index is 12.7. The van der Waals surface area contributed by atoms with Crippen molar-refractivity contribution in [3.8, 4) is 5.75 Å². The number of methoxy groups -OCH3 is 1. The molecule has 1 aliphatic rings. The fraction of sp³-hybridized carbons (Fsp3) is 0.409. The summed E-state index contributed by atoms with van der Waals surface area (Å²) in [6.45, 7) is 6.08. The first-order valence-corrected chi connectivity index (χ1v) is 9.51. The van der Waals surface area contributed by atoms with E-state index in [0.717, 1.165) is 43.2 Å². The molecule has 5 nitrogen and oxygen atoms in total. The smallest absolute Gasteiger partial charge is 0.236 e. The number of carbonyl (C=O) groups excluding carboxylic acids is 1. The largest absolute Gasteiger partial charge is 0.495 e. The van der Waals surface area contributed by atoms with Crippen molar-refractivity contribution < 1.29 is 9.53 Å². The lowest BCUT2D eigenvalue weighted by Gasteiger charge is -2.37. The molecule has 2 aromatic rings. The van der Waals surface area contributed by atoms with E-state index >= 15 is 0 Å². The molecule has 0 radical (unpaired) electrons. The first-order chi connectivity index (χ1) is 13.1. The summed E-state index contributed by atoms with van der Waals surface area (Å²) >= 11 is 0. The number of carbonyl (C=O) groups is 1. The molecule has 0 spiro atoms. The maximum Gasteiger partial charge on any atom is 0.236 e. The highest BCUT2D eigenvalue weighted by Gasteiger charge is 2.24. The second-order valence-corrected chi connectivity index (χ2v) is 7.03. The van der Waals surface area contributed by atoms with Gasteiger partial charge in [-0.1, -0.05) is 42.5 Å². The summed E-state index contributed by atoms with van der Waals surface area (Å²) in [5.41, 5.74) is 2.29. The minimum absolute atomic E-state index is 0.0774. The van der Waals surface area contributed by atoms with Crippen LogP contribution >= 0.6 is 0 Å². The van der Waals surface area contributed by atoms with Crippen LogP contribution in [0.1, 0.15) is 18.5 Å². The van der Waals surface area contributed by atoms with E-state index in [1.165, 1.54) is 0 Å². The zero-order valence-electron chi connectivity index (χ0n) is 16.5. The Morgan fingerprint density at radius 1 is 1.04 bits per heavy atom. The van der Waals surface area contributed by atoms with Crippen molar-refractivity contribution in [3.05, 3.63) is 60.2 Å². The number of anilines is 1. The van der Waals surface area contributed by atoms with Crippen molar-refractivity contribution in [1.29, 1.82) is 0 Å². The van der Waals surface area contributed by atoms with Crippen LogP contribution in [0, 0.1) is 0 Å².